The molecule has 3 rings (SSSR count). The zero-order valence-corrected chi connectivity index (χ0v) is 18.4. The maximum absolute atomic E-state index is 14.5. The molecule has 1 aromatic heterocycles. The first-order chi connectivity index (χ1) is 14.3. The van der Waals surface area contributed by atoms with Crippen molar-refractivity contribution in [3.63, 3.8) is 0 Å². The quantitative estimate of drug-likeness (QED) is 0.350. The Labute approximate surface area is 186 Å². The molecule has 0 radical (unpaired) electrons. The van der Waals surface area contributed by atoms with Crippen LogP contribution in [0.25, 0.3) is 0 Å². The third kappa shape index (κ3) is 4.97. The second-order valence-electron chi connectivity index (χ2n) is 6.42. The van der Waals surface area contributed by atoms with Crippen molar-refractivity contribution in [3.05, 3.63) is 74.4 Å². The number of halogens is 7. The molecule has 5 nitrogen and oxygen atoms in total. The predicted octanol–water partition coefficient (Wildman–Crippen LogP) is 4.85. The number of rotatable bonds is 5. The summed E-state index contributed by atoms with van der Waals surface area (Å²) in [6.45, 7) is 0. The normalized spacial score (nSPS) is 12.3. The molecule has 13 heteroatoms. The second-order valence-corrected chi connectivity index (χ2v) is 9.32. The Balaban J connectivity index is 2.07. The van der Waals surface area contributed by atoms with Gasteiger partial charge >= 0.3 is 6.18 Å². The minimum absolute atomic E-state index is 0.0669. The molecule has 0 bridgehead atoms. The second kappa shape index (κ2) is 8.33. The fourth-order valence-corrected chi connectivity index (χ4v) is 4.52. The molecule has 2 aromatic carbocycles. The van der Waals surface area contributed by atoms with Crippen molar-refractivity contribution >= 4 is 38.3 Å². The van der Waals surface area contributed by atoms with E-state index in [1.807, 2.05) is 27.3 Å². The van der Waals surface area contributed by atoms with Crippen molar-refractivity contribution in [2.24, 2.45) is 7.05 Å². The molecule has 0 unspecified atom stereocenters. The number of anilines is 1. The Morgan fingerprint density at radius 3 is 2.39 bits per heavy atom. The lowest BCUT2D eigenvalue weighted by atomic mass is 10.0. The Morgan fingerprint density at radius 2 is 1.77 bits per heavy atom. The van der Waals surface area contributed by atoms with Gasteiger partial charge in [0.05, 0.1) is 5.69 Å². The van der Waals surface area contributed by atoms with E-state index in [2.05, 4.69) is 5.10 Å². The van der Waals surface area contributed by atoms with Crippen LogP contribution in [-0.4, -0.2) is 18.2 Å². The molecule has 0 saturated carbocycles. The predicted molar refractivity (Wildman–Crippen MR) is 107 cm³/mol. The summed E-state index contributed by atoms with van der Waals surface area (Å²) >= 11 is 1.84. The number of aryl methyl sites for hydroxylation is 1. The van der Waals surface area contributed by atoms with E-state index in [-0.39, 0.29) is 5.56 Å². The van der Waals surface area contributed by atoms with E-state index in [1.54, 1.807) is 0 Å². The van der Waals surface area contributed by atoms with Crippen LogP contribution in [0.5, 0.6) is 0 Å². The molecule has 1 heterocycles. The van der Waals surface area contributed by atoms with Crippen molar-refractivity contribution in [2.75, 3.05) is 4.72 Å². The van der Waals surface area contributed by atoms with Crippen molar-refractivity contribution < 1.29 is 34.8 Å². The van der Waals surface area contributed by atoms with Gasteiger partial charge in [0.1, 0.15) is 10.7 Å². The highest BCUT2D eigenvalue weighted by molar-refractivity contribution is 14.1. The number of benzene rings is 2. The van der Waals surface area contributed by atoms with E-state index < -0.39 is 61.9 Å². The van der Waals surface area contributed by atoms with E-state index >= 15 is 0 Å². The van der Waals surface area contributed by atoms with Crippen molar-refractivity contribution in [3.8, 4) is 0 Å². The van der Waals surface area contributed by atoms with Crippen molar-refractivity contribution in [2.45, 2.75) is 17.5 Å². The van der Waals surface area contributed by atoms with Gasteiger partial charge in [-0.1, -0.05) is 6.07 Å². The monoisotopic (exact) mass is 575 g/mol. The number of sulfonamides is 1. The van der Waals surface area contributed by atoms with Crippen LogP contribution < -0.4 is 4.72 Å². The van der Waals surface area contributed by atoms with Crippen LogP contribution in [0.4, 0.5) is 32.0 Å². The first kappa shape index (κ1) is 23.4. The molecule has 0 aliphatic heterocycles. The molecular formula is C18H12F6IN3O2S. The summed E-state index contributed by atoms with van der Waals surface area (Å²) in [5.74, 6) is -3.53. The third-order valence-corrected chi connectivity index (χ3v) is 6.21. The molecule has 0 aliphatic rings. The lowest BCUT2D eigenvalue weighted by Crippen LogP contribution is -2.19. The van der Waals surface area contributed by atoms with Crippen LogP contribution in [0, 0.1) is 21.0 Å². The molecule has 31 heavy (non-hydrogen) atoms. The zero-order valence-electron chi connectivity index (χ0n) is 15.4. The molecule has 0 aliphatic carbocycles. The van der Waals surface area contributed by atoms with Crippen LogP contribution in [0.15, 0.2) is 41.4 Å². The highest BCUT2D eigenvalue weighted by atomic mass is 127. The number of nitrogens with one attached hydrogen (secondary N) is 1. The average Bonchev–Trinajstić information content (AvgIpc) is 3.06. The number of aromatic nitrogens is 2. The van der Waals surface area contributed by atoms with Crippen molar-refractivity contribution in [1.29, 1.82) is 0 Å². The number of hydrogen-bond donors (Lipinski definition) is 1. The van der Waals surface area contributed by atoms with Crippen LogP contribution in [0.2, 0.25) is 0 Å². The fourth-order valence-electron chi connectivity index (χ4n) is 2.78. The van der Waals surface area contributed by atoms with E-state index in [0.717, 1.165) is 19.2 Å². The Morgan fingerprint density at radius 1 is 1.10 bits per heavy atom. The molecular weight excluding hydrogens is 563 g/mol. The van der Waals surface area contributed by atoms with Gasteiger partial charge in [0.2, 0.25) is 0 Å². The van der Waals surface area contributed by atoms with Gasteiger partial charge in [0.15, 0.2) is 17.3 Å². The van der Waals surface area contributed by atoms with Crippen LogP contribution in [0.1, 0.15) is 16.8 Å². The Kier molecular flexibility index (Phi) is 6.28. The van der Waals surface area contributed by atoms with Crippen molar-refractivity contribution in [1.82, 2.24) is 9.78 Å². The summed E-state index contributed by atoms with van der Waals surface area (Å²) in [4.78, 5) is -1.20. The first-order valence-corrected chi connectivity index (χ1v) is 10.9. The molecule has 1 N–H and O–H groups in total. The van der Waals surface area contributed by atoms with Crippen LogP contribution >= 0.6 is 22.6 Å². The maximum Gasteiger partial charge on any atom is 0.436 e. The minimum atomic E-state index is -5.08. The number of hydrogen-bond acceptors (Lipinski definition) is 3. The fraction of sp³-hybridized carbons (Fsp3) is 0.167. The lowest BCUT2D eigenvalue weighted by molar-refractivity contribution is -0.143. The largest absolute Gasteiger partial charge is 0.436 e. The maximum atomic E-state index is 14.5. The lowest BCUT2D eigenvalue weighted by Gasteiger charge is -2.15. The molecule has 0 saturated heterocycles. The molecule has 0 fully saturated rings. The van der Waals surface area contributed by atoms with Gasteiger partial charge in [-0.05, 0) is 52.4 Å². The van der Waals surface area contributed by atoms with Gasteiger partial charge in [-0.15, -0.1) is 0 Å². The van der Waals surface area contributed by atoms with E-state index in [9.17, 15) is 34.8 Å². The molecule has 166 valence electrons. The summed E-state index contributed by atoms with van der Waals surface area (Å²) in [6.07, 6.45) is -5.00. The summed E-state index contributed by atoms with van der Waals surface area (Å²) < 4.78 is 110. The van der Waals surface area contributed by atoms with Gasteiger partial charge < -0.3 is 0 Å². The topological polar surface area (TPSA) is 64.0 Å². The average molecular weight is 575 g/mol. The number of alkyl halides is 3. The zero-order chi connectivity index (χ0) is 23.1. The summed E-state index contributed by atoms with van der Waals surface area (Å²) in [5.41, 5.74) is -2.84. The van der Waals surface area contributed by atoms with E-state index in [4.69, 9.17) is 0 Å². The number of nitrogens with zero attached hydrogens (tertiary/aromatic N) is 2. The molecule has 3 aromatic rings. The van der Waals surface area contributed by atoms with E-state index in [0.29, 0.717) is 20.5 Å². The van der Waals surface area contributed by atoms with Gasteiger partial charge in [-0.3, -0.25) is 9.40 Å². The Hall–Kier alpha value is -2.29. The first-order valence-electron chi connectivity index (χ1n) is 8.34. The van der Waals surface area contributed by atoms with Crippen LogP contribution in [-0.2, 0) is 29.7 Å². The highest BCUT2D eigenvalue weighted by Crippen LogP contribution is 2.34. The van der Waals surface area contributed by atoms with Gasteiger partial charge in [-0.25, -0.2) is 21.6 Å². The summed E-state index contributed by atoms with van der Waals surface area (Å²) in [6, 6.07) is 5.41. The SMILES string of the molecule is Cn1cc(S(=O)(=O)Nc2ccc(F)c(F)c2Cc2ccc(I)cc2F)c(C(F)(F)F)n1. The Bertz CT molecular complexity index is 1260. The van der Waals surface area contributed by atoms with Crippen LogP contribution in [0.3, 0.4) is 0 Å². The molecule has 0 atom stereocenters. The molecule has 0 amide bonds. The highest BCUT2D eigenvalue weighted by Gasteiger charge is 2.41. The summed E-state index contributed by atoms with van der Waals surface area (Å²) in [7, 11) is -3.81. The van der Waals surface area contributed by atoms with Gasteiger partial charge in [0.25, 0.3) is 10.0 Å². The summed E-state index contributed by atoms with van der Waals surface area (Å²) in [5, 5.41) is 3.12. The smallest absolute Gasteiger partial charge is 0.279 e. The minimum Gasteiger partial charge on any atom is -0.279 e. The standard InChI is InChI=1S/C18H12F6IN3O2S/c1-28-8-15(17(26-28)18(22,23)24)31(29,30)27-14-5-4-12(19)16(21)11(14)6-9-2-3-10(25)7-13(9)20/h2-5,7-8,27H,6H2,1H3. The third-order valence-electron chi connectivity index (χ3n) is 4.18. The van der Waals surface area contributed by atoms with Gasteiger partial charge in [0, 0.05) is 28.8 Å². The molecule has 0 spiro atoms. The van der Waals surface area contributed by atoms with E-state index in [1.165, 1.54) is 12.1 Å². The van der Waals surface area contributed by atoms with Gasteiger partial charge in [-0.2, -0.15) is 18.3 Å².